The number of benzene rings is 2. The molecule has 2 rings (SSSR count). The summed E-state index contributed by atoms with van der Waals surface area (Å²) in [7, 11) is 0. The van der Waals surface area contributed by atoms with E-state index in [1.54, 1.807) is 37.3 Å². The van der Waals surface area contributed by atoms with E-state index in [-0.39, 0.29) is 12.5 Å². The number of halogens is 1. The largest absolute Gasteiger partial charge is 0.464 e. The van der Waals surface area contributed by atoms with Crippen LogP contribution in [0.4, 0.5) is 4.39 Å². The molecule has 0 saturated carbocycles. The second-order valence-electron chi connectivity index (χ2n) is 6.24. The number of hydrogen-bond donors (Lipinski definition) is 0. The minimum Gasteiger partial charge on any atom is -0.464 e. The molecule has 2 aromatic carbocycles. The van der Waals surface area contributed by atoms with Gasteiger partial charge in [-0.1, -0.05) is 24.8 Å². The Labute approximate surface area is 169 Å². The van der Waals surface area contributed by atoms with Crippen molar-refractivity contribution in [2.75, 3.05) is 19.7 Å². The third kappa shape index (κ3) is 5.97. The van der Waals surface area contributed by atoms with Crippen molar-refractivity contribution in [2.45, 2.75) is 18.7 Å². The Bertz CT molecular complexity index is 892. The zero-order chi connectivity index (χ0) is 20.7. The third-order valence-electron chi connectivity index (χ3n) is 3.62. The van der Waals surface area contributed by atoms with Gasteiger partial charge in [0, 0.05) is 10.5 Å². The van der Waals surface area contributed by atoms with Crippen LogP contribution in [-0.4, -0.2) is 25.6 Å². The number of ether oxygens (including phenoxy) is 3. The van der Waals surface area contributed by atoms with Crippen molar-refractivity contribution in [2.24, 2.45) is 0 Å². The highest BCUT2D eigenvalue weighted by Gasteiger charge is 2.12. The minimum atomic E-state index is -0.485. The number of thioether (sulfide) groups is 1. The minimum absolute atomic E-state index is 0.0536. The molecule has 0 heterocycles. The van der Waals surface area contributed by atoms with E-state index < -0.39 is 11.8 Å². The lowest BCUT2D eigenvalue weighted by Crippen LogP contribution is -2.08. The van der Waals surface area contributed by atoms with Gasteiger partial charge in [-0.25, -0.2) is 9.18 Å². The predicted octanol–water partition coefficient (Wildman–Crippen LogP) is 5.63. The molecule has 148 valence electrons. The molecule has 0 spiro atoms. The molecule has 0 aliphatic heterocycles. The van der Waals surface area contributed by atoms with Gasteiger partial charge in [-0.15, -0.1) is 11.8 Å². The summed E-state index contributed by atoms with van der Waals surface area (Å²) in [5.41, 5.74) is 2.70. The van der Waals surface area contributed by atoms with Crippen LogP contribution in [0.2, 0.25) is 0 Å². The Morgan fingerprint density at radius 3 is 2.50 bits per heavy atom. The topological polar surface area (TPSA) is 44.8 Å². The zero-order valence-corrected chi connectivity index (χ0v) is 17.0. The summed E-state index contributed by atoms with van der Waals surface area (Å²) in [6.07, 6.45) is 1.90. The van der Waals surface area contributed by atoms with Gasteiger partial charge in [0.25, 0.3) is 0 Å². The zero-order valence-electron chi connectivity index (χ0n) is 16.2. The molecule has 4 nitrogen and oxygen atoms in total. The Morgan fingerprint density at radius 1 is 1.14 bits per heavy atom. The van der Waals surface area contributed by atoms with Crippen molar-refractivity contribution >= 4 is 17.7 Å². The number of carbonyl (C=O) groups excluding carboxylic acids is 1. The standard InChI is InChI=1S/C22H23FO4S/c1-14(2)12-25-13-26-20-9-6-16(10-19(20)23)18-8-7-17(11-21(18)28-5)27-22(24)15(3)4/h6-11H,1,3,12-13H2,2,4-5H3. The maximum atomic E-state index is 14.4. The monoisotopic (exact) mass is 402 g/mol. The van der Waals surface area contributed by atoms with Crippen molar-refractivity contribution in [3.8, 4) is 22.6 Å². The van der Waals surface area contributed by atoms with Crippen LogP contribution >= 0.6 is 11.8 Å². The highest BCUT2D eigenvalue weighted by Crippen LogP contribution is 2.35. The van der Waals surface area contributed by atoms with Gasteiger partial charge in [0.1, 0.15) is 5.75 Å². The van der Waals surface area contributed by atoms with E-state index in [2.05, 4.69) is 13.2 Å². The van der Waals surface area contributed by atoms with Gasteiger partial charge < -0.3 is 14.2 Å². The van der Waals surface area contributed by atoms with Crippen LogP contribution < -0.4 is 9.47 Å². The summed E-state index contributed by atoms with van der Waals surface area (Å²) in [5, 5.41) is 0. The summed E-state index contributed by atoms with van der Waals surface area (Å²) < 4.78 is 30.2. The quantitative estimate of drug-likeness (QED) is 0.104. The van der Waals surface area contributed by atoms with E-state index in [4.69, 9.17) is 14.2 Å². The Kier molecular flexibility index (Phi) is 7.84. The highest BCUT2D eigenvalue weighted by atomic mass is 32.2. The van der Waals surface area contributed by atoms with Crippen LogP contribution in [0, 0.1) is 5.82 Å². The molecule has 0 radical (unpaired) electrons. The average Bonchev–Trinajstić information content (AvgIpc) is 2.65. The SMILES string of the molecule is C=C(C)COCOc1ccc(-c2ccc(OC(=O)C(=C)C)cc2SC)cc1F. The van der Waals surface area contributed by atoms with Gasteiger partial charge in [0.15, 0.2) is 18.4 Å². The normalized spacial score (nSPS) is 10.4. The van der Waals surface area contributed by atoms with Crippen LogP contribution in [0.5, 0.6) is 11.5 Å². The van der Waals surface area contributed by atoms with Gasteiger partial charge in [0.2, 0.25) is 0 Å². The van der Waals surface area contributed by atoms with E-state index in [1.165, 1.54) is 17.8 Å². The van der Waals surface area contributed by atoms with Crippen LogP contribution in [0.3, 0.4) is 0 Å². The van der Waals surface area contributed by atoms with Gasteiger partial charge in [-0.2, -0.15) is 0 Å². The van der Waals surface area contributed by atoms with Gasteiger partial charge in [-0.3, -0.25) is 0 Å². The van der Waals surface area contributed by atoms with Crippen molar-refractivity contribution in [1.82, 2.24) is 0 Å². The first-order valence-electron chi connectivity index (χ1n) is 8.52. The summed E-state index contributed by atoms with van der Waals surface area (Å²) in [4.78, 5) is 12.5. The van der Waals surface area contributed by atoms with E-state index in [0.29, 0.717) is 23.5 Å². The summed E-state index contributed by atoms with van der Waals surface area (Å²) in [6, 6.07) is 9.94. The number of carbonyl (C=O) groups is 1. The van der Waals surface area contributed by atoms with Crippen molar-refractivity contribution in [3.63, 3.8) is 0 Å². The lowest BCUT2D eigenvalue weighted by molar-refractivity contribution is -0.130. The molecule has 0 aliphatic rings. The molecular formula is C22H23FO4S. The van der Waals surface area contributed by atoms with E-state index in [1.807, 2.05) is 13.2 Å². The van der Waals surface area contributed by atoms with Crippen molar-refractivity contribution < 1.29 is 23.4 Å². The fraction of sp³-hybridized carbons (Fsp3) is 0.227. The van der Waals surface area contributed by atoms with Gasteiger partial charge in [0.05, 0.1) is 6.61 Å². The number of esters is 1. The molecule has 0 bridgehead atoms. The van der Waals surface area contributed by atoms with Crippen LogP contribution in [0.1, 0.15) is 13.8 Å². The molecule has 0 aromatic heterocycles. The predicted molar refractivity (Wildman–Crippen MR) is 110 cm³/mol. The van der Waals surface area contributed by atoms with Crippen LogP contribution in [0.25, 0.3) is 11.1 Å². The Hall–Kier alpha value is -2.57. The first-order valence-corrected chi connectivity index (χ1v) is 9.75. The maximum absolute atomic E-state index is 14.4. The Morgan fingerprint density at radius 2 is 1.89 bits per heavy atom. The fourth-order valence-corrected chi connectivity index (χ4v) is 2.91. The highest BCUT2D eigenvalue weighted by molar-refractivity contribution is 7.98. The average molecular weight is 402 g/mol. The lowest BCUT2D eigenvalue weighted by atomic mass is 10.0. The second-order valence-corrected chi connectivity index (χ2v) is 7.09. The molecule has 28 heavy (non-hydrogen) atoms. The van der Waals surface area contributed by atoms with Crippen LogP contribution in [0.15, 0.2) is 65.6 Å². The molecule has 0 aliphatic carbocycles. The van der Waals surface area contributed by atoms with Crippen LogP contribution in [-0.2, 0) is 9.53 Å². The number of hydrogen-bond acceptors (Lipinski definition) is 5. The molecule has 0 N–H and O–H groups in total. The van der Waals surface area contributed by atoms with Crippen molar-refractivity contribution in [3.05, 3.63) is 66.5 Å². The van der Waals surface area contributed by atoms with E-state index in [9.17, 15) is 9.18 Å². The molecule has 0 unspecified atom stereocenters. The fourth-order valence-electron chi connectivity index (χ4n) is 2.27. The molecule has 2 aromatic rings. The smallest absolute Gasteiger partial charge is 0.338 e. The summed E-state index contributed by atoms with van der Waals surface area (Å²) >= 11 is 1.47. The van der Waals surface area contributed by atoms with Crippen molar-refractivity contribution in [1.29, 1.82) is 0 Å². The Balaban J connectivity index is 2.17. The first kappa shape index (κ1) is 21.7. The second kappa shape index (κ2) is 10.1. The molecule has 0 saturated heterocycles. The van der Waals surface area contributed by atoms with Gasteiger partial charge >= 0.3 is 5.97 Å². The third-order valence-corrected chi connectivity index (χ3v) is 4.40. The molecule has 6 heteroatoms. The maximum Gasteiger partial charge on any atom is 0.338 e. The van der Waals surface area contributed by atoms with Gasteiger partial charge in [-0.05, 0) is 61.6 Å². The molecular weight excluding hydrogens is 379 g/mol. The van der Waals surface area contributed by atoms with E-state index >= 15 is 0 Å². The summed E-state index contributed by atoms with van der Waals surface area (Å²) in [5.74, 6) is -0.443. The van der Waals surface area contributed by atoms with E-state index in [0.717, 1.165) is 16.0 Å². The molecule has 0 amide bonds. The summed E-state index contributed by atoms with van der Waals surface area (Å²) in [6.45, 7) is 11.0. The lowest BCUT2D eigenvalue weighted by Gasteiger charge is -2.12. The molecule has 0 fully saturated rings. The molecule has 0 atom stereocenters. The first-order chi connectivity index (χ1) is 13.3. The number of rotatable bonds is 9.